The minimum Gasteiger partial charge on any atom is -0.370 e. The van der Waals surface area contributed by atoms with E-state index in [1.807, 2.05) is 0 Å². The summed E-state index contributed by atoms with van der Waals surface area (Å²) in [5.41, 5.74) is 10.6. The Labute approximate surface area is 68.1 Å². The molecular weight excluding hydrogens is 140 g/mol. The van der Waals surface area contributed by atoms with Gasteiger partial charge in [0.1, 0.15) is 0 Å². The van der Waals surface area contributed by atoms with Crippen molar-refractivity contribution in [3.63, 3.8) is 0 Å². The van der Waals surface area contributed by atoms with Crippen LogP contribution in [0.5, 0.6) is 0 Å². The van der Waals surface area contributed by atoms with Gasteiger partial charge in [0.15, 0.2) is 0 Å². The second kappa shape index (κ2) is 5.13. The maximum absolute atomic E-state index is 10.4. The summed E-state index contributed by atoms with van der Waals surface area (Å²) in [6.45, 7) is 4.24. The van der Waals surface area contributed by atoms with E-state index in [1.165, 1.54) is 0 Å². The molecule has 3 nitrogen and oxygen atoms in total. The topological polar surface area (TPSA) is 69.1 Å². The van der Waals surface area contributed by atoms with Crippen LogP contribution in [0.15, 0.2) is 0 Å². The molecule has 0 aliphatic carbocycles. The second-order valence-electron chi connectivity index (χ2n) is 3.18. The average Bonchev–Trinajstić information content (AvgIpc) is 1.85. The first-order valence-electron chi connectivity index (χ1n) is 4.10. The SMILES string of the molecule is CCC(C)CC(N)CC(N)=O. The van der Waals surface area contributed by atoms with Crippen molar-refractivity contribution < 1.29 is 4.79 Å². The number of carbonyl (C=O) groups is 1. The Morgan fingerprint density at radius 3 is 2.45 bits per heavy atom. The van der Waals surface area contributed by atoms with E-state index in [0.717, 1.165) is 12.8 Å². The first-order valence-corrected chi connectivity index (χ1v) is 4.10. The minimum atomic E-state index is -0.305. The van der Waals surface area contributed by atoms with E-state index in [9.17, 15) is 4.79 Å². The van der Waals surface area contributed by atoms with Crippen molar-refractivity contribution in [2.45, 2.75) is 39.2 Å². The van der Waals surface area contributed by atoms with Gasteiger partial charge in [-0.25, -0.2) is 0 Å². The third-order valence-electron chi connectivity index (χ3n) is 1.87. The first-order chi connectivity index (χ1) is 5.06. The highest BCUT2D eigenvalue weighted by molar-refractivity contribution is 5.74. The molecule has 0 fully saturated rings. The molecule has 66 valence electrons. The number of carbonyl (C=O) groups excluding carboxylic acids is 1. The Balaban J connectivity index is 3.51. The summed E-state index contributed by atoms with van der Waals surface area (Å²) in [4.78, 5) is 10.4. The Bertz CT molecular complexity index is 125. The van der Waals surface area contributed by atoms with Gasteiger partial charge < -0.3 is 11.5 Å². The number of hydrogen-bond acceptors (Lipinski definition) is 2. The molecule has 0 bridgehead atoms. The number of hydrogen-bond donors (Lipinski definition) is 2. The summed E-state index contributed by atoms with van der Waals surface area (Å²) in [5, 5.41) is 0. The molecule has 3 heteroatoms. The molecule has 11 heavy (non-hydrogen) atoms. The Morgan fingerprint density at radius 1 is 1.55 bits per heavy atom. The molecule has 0 aliphatic heterocycles. The van der Waals surface area contributed by atoms with Gasteiger partial charge in [0.2, 0.25) is 5.91 Å². The number of amides is 1. The van der Waals surface area contributed by atoms with Crippen LogP contribution in [0.2, 0.25) is 0 Å². The molecule has 0 aromatic rings. The van der Waals surface area contributed by atoms with Gasteiger partial charge in [0.25, 0.3) is 0 Å². The van der Waals surface area contributed by atoms with Gasteiger partial charge >= 0.3 is 0 Å². The van der Waals surface area contributed by atoms with Crippen LogP contribution < -0.4 is 11.5 Å². The van der Waals surface area contributed by atoms with Crippen LogP contribution in [-0.4, -0.2) is 11.9 Å². The Kier molecular flexibility index (Phi) is 4.86. The summed E-state index contributed by atoms with van der Waals surface area (Å²) in [5.74, 6) is 0.283. The van der Waals surface area contributed by atoms with Crippen LogP contribution in [-0.2, 0) is 4.79 Å². The fourth-order valence-electron chi connectivity index (χ4n) is 1.03. The van der Waals surface area contributed by atoms with E-state index in [2.05, 4.69) is 13.8 Å². The highest BCUT2D eigenvalue weighted by atomic mass is 16.1. The van der Waals surface area contributed by atoms with Crippen molar-refractivity contribution in [1.29, 1.82) is 0 Å². The summed E-state index contributed by atoms with van der Waals surface area (Å²) in [7, 11) is 0. The van der Waals surface area contributed by atoms with E-state index >= 15 is 0 Å². The van der Waals surface area contributed by atoms with Crippen molar-refractivity contribution in [2.24, 2.45) is 17.4 Å². The first kappa shape index (κ1) is 10.4. The molecule has 0 aromatic carbocycles. The second-order valence-corrected chi connectivity index (χ2v) is 3.18. The van der Waals surface area contributed by atoms with Crippen molar-refractivity contribution in [3.8, 4) is 0 Å². The number of rotatable bonds is 5. The molecule has 0 aromatic heterocycles. The smallest absolute Gasteiger partial charge is 0.218 e. The molecule has 0 aliphatic rings. The predicted molar refractivity (Wildman–Crippen MR) is 45.9 cm³/mol. The quantitative estimate of drug-likeness (QED) is 0.616. The van der Waals surface area contributed by atoms with Crippen LogP contribution in [0.4, 0.5) is 0 Å². The van der Waals surface area contributed by atoms with Crippen LogP contribution in [0.3, 0.4) is 0 Å². The Hall–Kier alpha value is -0.570. The summed E-state index contributed by atoms with van der Waals surface area (Å²) in [6, 6.07) is -0.0533. The molecule has 0 heterocycles. The van der Waals surface area contributed by atoms with Crippen LogP contribution in [0.25, 0.3) is 0 Å². The summed E-state index contributed by atoms with van der Waals surface area (Å²) < 4.78 is 0. The van der Waals surface area contributed by atoms with Crippen molar-refractivity contribution in [3.05, 3.63) is 0 Å². The molecule has 4 N–H and O–H groups in total. The van der Waals surface area contributed by atoms with Gasteiger partial charge in [-0.05, 0) is 12.3 Å². The minimum absolute atomic E-state index is 0.0533. The average molecular weight is 158 g/mol. The maximum Gasteiger partial charge on any atom is 0.218 e. The van der Waals surface area contributed by atoms with Gasteiger partial charge in [-0.1, -0.05) is 20.3 Å². The van der Waals surface area contributed by atoms with Gasteiger partial charge in [-0.2, -0.15) is 0 Å². The van der Waals surface area contributed by atoms with E-state index in [1.54, 1.807) is 0 Å². The molecule has 0 radical (unpaired) electrons. The monoisotopic (exact) mass is 158 g/mol. The molecule has 0 rings (SSSR count). The molecule has 2 atom stereocenters. The molecule has 0 saturated heterocycles. The van der Waals surface area contributed by atoms with Gasteiger partial charge in [0, 0.05) is 12.5 Å². The summed E-state index contributed by atoms with van der Waals surface area (Å²) >= 11 is 0. The van der Waals surface area contributed by atoms with E-state index in [0.29, 0.717) is 12.3 Å². The van der Waals surface area contributed by atoms with E-state index in [4.69, 9.17) is 11.5 Å². The third kappa shape index (κ3) is 5.85. The van der Waals surface area contributed by atoms with Crippen molar-refractivity contribution in [2.75, 3.05) is 0 Å². The zero-order chi connectivity index (χ0) is 8.85. The lowest BCUT2D eigenvalue weighted by atomic mass is 9.98. The lowest BCUT2D eigenvalue weighted by molar-refractivity contribution is -0.118. The van der Waals surface area contributed by atoms with E-state index in [-0.39, 0.29) is 11.9 Å². The van der Waals surface area contributed by atoms with Crippen LogP contribution in [0.1, 0.15) is 33.1 Å². The molecule has 1 amide bonds. The van der Waals surface area contributed by atoms with Crippen LogP contribution in [0, 0.1) is 5.92 Å². The largest absolute Gasteiger partial charge is 0.370 e. The zero-order valence-electron chi connectivity index (χ0n) is 7.34. The fraction of sp³-hybridized carbons (Fsp3) is 0.875. The lowest BCUT2D eigenvalue weighted by Gasteiger charge is -2.13. The van der Waals surface area contributed by atoms with E-state index < -0.39 is 0 Å². The number of nitrogens with two attached hydrogens (primary N) is 2. The van der Waals surface area contributed by atoms with Gasteiger partial charge in [-0.15, -0.1) is 0 Å². The normalized spacial score (nSPS) is 15.9. The van der Waals surface area contributed by atoms with Crippen molar-refractivity contribution in [1.82, 2.24) is 0 Å². The molecule has 0 saturated carbocycles. The standard InChI is InChI=1S/C8H18N2O/c1-3-6(2)4-7(9)5-8(10)11/h6-7H,3-5,9H2,1-2H3,(H2,10,11). The molecule has 0 spiro atoms. The molecular formula is C8H18N2O. The van der Waals surface area contributed by atoms with Gasteiger partial charge in [0.05, 0.1) is 0 Å². The third-order valence-corrected chi connectivity index (χ3v) is 1.87. The fourth-order valence-corrected chi connectivity index (χ4v) is 1.03. The maximum atomic E-state index is 10.4. The highest BCUT2D eigenvalue weighted by Crippen LogP contribution is 2.09. The predicted octanol–water partition coefficient (Wildman–Crippen LogP) is 0.625. The van der Waals surface area contributed by atoms with Crippen molar-refractivity contribution >= 4 is 5.91 Å². The van der Waals surface area contributed by atoms with Gasteiger partial charge in [-0.3, -0.25) is 4.79 Å². The highest BCUT2D eigenvalue weighted by Gasteiger charge is 2.09. The molecule has 2 unspecified atom stereocenters. The Morgan fingerprint density at radius 2 is 2.09 bits per heavy atom. The number of primary amides is 1. The zero-order valence-corrected chi connectivity index (χ0v) is 7.34. The van der Waals surface area contributed by atoms with Crippen LogP contribution >= 0.6 is 0 Å². The summed E-state index contributed by atoms with van der Waals surface area (Å²) in [6.07, 6.45) is 2.30. The lowest BCUT2D eigenvalue weighted by Crippen LogP contribution is -2.29.